The van der Waals surface area contributed by atoms with E-state index in [1.54, 1.807) is 0 Å². The molecule has 2 N–H and O–H groups in total. The van der Waals surface area contributed by atoms with E-state index in [0.717, 1.165) is 29.6 Å². The van der Waals surface area contributed by atoms with Crippen molar-refractivity contribution in [2.75, 3.05) is 11.9 Å². The summed E-state index contributed by atoms with van der Waals surface area (Å²) in [6.45, 7) is 6.80. The quantitative estimate of drug-likeness (QED) is 0.707. The van der Waals surface area contributed by atoms with Crippen LogP contribution in [-0.2, 0) is 16.1 Å². The summed E-state index contributed by atoms with van der Waals surface area (Å²) in [5, 5.41) is 7.84. The highest BCUT2D eigenvalue weighted by Crippen LogP contribution is 2.30. The van der Waals surface area contributed by atoms with E-state index in [1.165, 1.54) is 10.9 Å². The second-order valence-corrected chi connectivity index (χ2v) is 6.57. The van der Waals surface area contributed by atoms with Gasteiger partial charge in [0.1, 0.15) is 0 Å². The van der Waals surface area contributed by atoms with Crippen molar-refractivity contribution in [1.29, 1.82) is 0 Å². The minimum atomic E-state index is -0.222. The molecule has 1 aromatic heterocycles. The standard InChI is InChI=1S/C21H25N3O2/c1-4-14(3)21(26)22-13-20(25)23-15-10-11-19-17(12-15)16-8-6-7-9-18(16)24(19)5-2/h6-12,14H,4-5,13H2,1-3H3,(H,22,26)(H,23,25). The fourth-order valence-electron chi connectivity index (χ4n) is 3.20. The molecule has 136 valence electrons. The molecule has 0 aliphatic rings. The van der Waals surface area contributed by atoms with Gasteiger partial charge in [-0.15, -0.1) is 0 Å². The molecule has 0 saturated carbocycles. The third-order valence-corrected chi connectivity index (χ3v) is 4.86. The van der Waals surface area contributed by atoms with Crippen LogP contribution in [0.1, 0.15) is 27.2 Å². The molecule has 0 spiro atoms. The lowest BCUT2D eigenvalue weighted by atomic mass is 10.1. The number of hydrogen-bond acceptors (Lipinski definition) is 2. The second kappa shape index (κ2) is 7.60. The Bertz CT molecular complexity index is 958. The summed E-state index contributed by atoms with van der Waals surface area (Å²) in [7, 11) is 0. The first-order chi connectivity index (χ1) is 12.5. The molecule has 1 heterocycles. The summed E-state index contributed by atoms with van der Waals surface area (Å²) in [5.41, 5.74) is 3.07. The first-order valence-corrected chi connectivity index (χ1v) is 9.13. The van der Waals surface area contributed by atoms with Gasteiger partial charge >= 0.3 is 0 Å². The van der Waals surface area contributed by atoms with Crippen LogP contribution in [-0.4, -0.2) is 22.9 Å². The number of aryl methyl sites for hydroxylation is 1. The van der Waals surface area contributed by atoms with Gasteiger partial charge in [0.25, 0.3) is 0 Å². The number of anilines is 1. The summed E-state index contributed by atoms with van der Waals surface area (Å²) in [5.74, 6) is -0.399. The van der Waals surface area contributed by atoms with Crippen molar-refractivity contribution in [2.45, 2.75) is 33.7 Å². The van der Waals surface area contributed by atoms with Gasteiger partial charge in [0.2, 0.25) is 11.8 Å². The molecule has 0 fully saturated rings. The van der Waals surface area contributed by atoms with Gasteiger partial charge in [0.15, 0.2) is 0 Å². The highest BCUT2D eigenvalue weighted by Gasteiger charge is 2.13. The molecule has 3 aromatic rings. The predicted molar refractivity (Wildman–Crippen MR) is 106 cm³/mol. The van der Waals surface area contributed by atoms with Gasteiger partial charge in [0.05, 0.1) is 6.54 Å². The molecular weight excluding hydrogens is 326 g/mol. The van der Waals surface area contributed by atoms with Gasteiger partial charge < -0.3 is 15.2 Å². The Morgan fingerprint density at radius 2 is 1.77 bits per heavy atom. The van der Waals surface area contributed by atoms with E-state index in [0.29, 0.717) is 0 Å². The number of fused-ring (bicyclic) bond motifs is 3. The maximum Gasteiger partial charge on any atom is 0.243 e. The number of para-hydroxylation sites is 1. The number of carbonyl (C=O) groups is 2. The Balaban J connectivity index is 1.80. The average molecular weight is 351 g/mol. The maximum atomic E-state index is 12.2. The Kier molecular flexibility index (Phi) is 5.26. The fraction of sp³-hybridized carbons (Fsp3) is 0.333. The molecule has 0 saturated heterocycles. The Morgan fingerprint density at radius 1 is 1.04 bits per heavy atom. The highest BCUT2D eigenvalue weighted by atomic mass is 16.2. The molecule has 1 unspecified atom stereocenters. The Hall–Kier alpha value is -2.82. The molecule has 1 atom stereocenters. The Labute approximate surface area is 153 Å². The van der Waals surface area contributed by atoms with Gasteiger partial charge in [0, 0.05) is 40.0 Å². The number of hydrogen-bond donors (Lipinski definition) is 2. The SMILES string of the molecule is CCC(C)C(=O)NCC(=O)Nc1ccc2c(c1)c1ccccc1n2CC. The molecule has 26 heavy (non-hydrogen) atoms. The second-order valence-electron chi connectivity index (χ2n) is 6.57. The molecule has 0 radical (unpaired) electrons. The lowest BCUT2D eigenvalue weighted by Crippen LogP contribution is -2.35. The first kappa shape index (κ1) is 18.0. The Morgan fingerprint density at radius 3 is 2.50 bits per heavy atom. The molecule has 2 aromatic carbocycles. The number of rotatable bonds is 6. The van der Waals surface area contributed by atoms with Crippen molar-refractivity contribution in [3.63, 3.8) is 0 Å². The summed E-state index contributed by atoms with van der Waals surface area (Å²) < 4.78 is 2.27. The van der Waals surface area contributed by atoms with Crippen molar-refractivity contribution in [3.05, 3.63) is 42.5 Å². The van der Waals surface area contributed by atoms with Crippen LogP contribution in [0.2, 0.25) is 0 Å². The summed E-state index contributed by atoms with van der Waals surface area (Å²) in [4.78, 5) is 24.0. The highest BCUT2D eigenvalue weighted by molar-refractivity contribution is 6.10. The van der Waals surface area contributed by atoms with Crippen molar-refractivity contribution in [3.8, 4) is 0 Å². The lowest BCUT2D eigenvalue weighted by molar-refractivity contribution is -0.126. The zero-order chi connectivity index (χ0) is 18.7. The van der Waals surface area contributed by atoms with E-state index in [2.05, 4.69) is 34.3 Å². The summed E-state index contributed by atoms with van der Waals surface area (Å²) >= 11 is 0. The fourth-order valence-corrected chi connectivity index (χ4v) is 3.20. The van der Waals surface area contributed by atoms with Crippen LogP contribution in [0.4, 0.5) is 5.69 Å². The van der Waals surface area contributed by atoms with Crippen molar-refractivity contribution in [1.82, 2.24) is 9.88 Å². The number of amides is 2. The number of aromatic nitrogens is 1. The van der Waals surface area contributed by atoms with Crippen LogP contribution in [0.5, 0.6) is 0 Å². The summed E-state index contributed by atoms with van der Waals surface area (Å²) in [6, 6.07) is 14.2. The third-order valence-electron chi connectivity index (χ3n) is 4.86. The number of nitrogens with zero attached hydrogens (tertiary/aromatic N) is 1. The topological polar surface area (TPSA) is 63.1 Å². The number of nitrogens with one attached hydrogen (secondary N) is 2. The van der Waals surface area contributed by atoms with Crippen LogP contribution < -0.4 is 10.6 Å². The van der Waals surface area contributed by atoms with E-state index < -0.39 is 0 Å². The van der Waals surface area contributed by atoms with Crippen molar-refractivity contribution >= 4 is 39.3 Å². The normalized spacial score (nSPS) is 12.3. The third kappa shape index (κ3) is 3.43. The zero-order valence-corrected chi connectivity index (χ0v) is 15.5. The van der Waals surface area contributed by atoms with E-state index in [1.807, 2.05) is 44.2 Å². The van der Waals surface area contributed by atoms with Crippen molar-refractivity contribution in [2.24, 2.45) is 5.92 Å². The molecule has 5 heteroatoms. The minimum absolute atomic E-state index is 0.0159. The zero-order valence-electron chi connectivity index (χ0n) is 15.5. The van der Waals surface area contributed by atoms with E-state index in [-0.39, 0.29) is 24.3 Å². The predicted octanol–water partition coefficient (Wildman–Crippen LogP) is 3.92. The maximum absolute atomic E-state index is 12.2. The van der Waals surface area contributed by atoms with Gasteiger partial charge in [-0.05, 0) is 37.6 Å². The van der Waals surface area contributed by atoms with E-state index in [4.69, 9.17) is 0 Å². The van der Waals surface area contributed by atoms with Crippen LogP contribution in [0.15, 0.2) is 42.5 Å². The van der Waals surface area contributed by atoms with Gasteiger partial charge in [-0.25, -0.2) is 0 Å². The largest absolute Gasteiger partial charge is 0.347 e. The van der Waals surface area contributed by atoms with Crippen LogP contribution in [0.3, 0.4) is 0 Å². The molecule has 0 aliphatic heterocycles. The molecule has 5 nitrogen and oxygen atoms in total. The van der Waals surface area contributed by atoms with Gasteiger partial charge in [-0.1, -0.05) is 32.0 Å². The van der Waals surface area contributed by atoms with Gasteiger partial charge in [-0.2, -0.15) is 0 Å². The monoisotopic (exact) mass is 351 g/mol. The average Bonchev–Trinajstić information content (AvgIpc) is 2.98. The molecule has 2 amide bonds. The molecular formula is C21H25N3O2. The van der Waals surface area contributed by atoms with Crippen LogP contribution >= 0.6 is 0 Å². The van der Waals surface area contributed by atoms with Crippen LogP contribution in [0.25, 0.3) is 21.8 Å². The first-order valence-electron chi connectivity index (χ1n) is 9.13. The van der Waals surface area contributed by atoms with Crippen molar-refractivity contribution < 1.29 is 9.59 Å². The molecule has 0 aliphatic carbocycles. The van der Waals surface area contributed by atoms with Gasteiger partial charge in [-0.3, -0.25) is 9.59 Å². The number of carbonyl (C=O) groups excluding carboxylic acids is 2. The van der Waals surface area contributed by atoms with E-state index in [9.17, 15) is 9.59 Å². The lowest BCUT2D eigenvalue weighted by Gasteiger charge is -2.10. The minimum Gasteiger partial charge on any atom is -0.347 e. The van der Waals surface area contributed by atoms with E-state index >= 15 is 0 Å². The molecule has 0 bridgehead atoms. The van der Waals surface area contributed by atoms with Crippen LogP contribution in [0, 0.1) is 5.92 Å². The smallest absolute Gasteiger partial charge is 0.243 e. The molecule has 3 rings (SSSR count). The number of benzene rings is 2. The summed E-state index contributed by atoms with van der Waals surface area (Å²) in [6.07, 6.45) is 0.756.